The highest BCUT2D eigenvalue weighted by molar-refractivity contribution is 6.30. The van der Waals surface area contributed by atoms with Gasteiger partial charge in [0, 0.05) is 29.4 Å². The minimum Gasteiger partial charge on any atom is -0.497 e. The van der Waals surface area contributed by atoms with Crippen molar-refractivity contribution < 1.29 is 9.53 Å². The molecule has 0 saturated carbocycles. The van der Waals surface area contributed by atoms with Crippen LogP contribution in [0.15, 0.2) is 48.5 Å². The van der Waals surface area contributed by atoms with E-state index in [0.717, 1.165) is 34.0 Å². The maximum atomic E-state index is 13.0. The molecule has 0 saturated heterocycles. The van der Waals surface area contributed by atoms with E-state index in [1.165, 1.54) is 0 Å². The molecule has 1 aromatic heterocycles. The van der Waals surface area contributed by atoms with Crippen LogP contribution >= 0.6 is 11.6 Å². The lowest BCUT2D eigenvalue weighted by molar-refractivity contribution is -0.130. The molecule has 0 aliphatic carbocycles. The molecule has 0 radical (unpaired) electrons. The molecule has 0 aliphatic rings. The van der Waals surface area contributed by atoms with Gasteiger partial charge < -0.3 is 9.64 Å². The van der Waals surface area contributed by atoms with E-state index >= 15 is 0 Å². The Kier molecular flexibility index (Phi) is 6.60. The predicted molar refractivity (Wildman–Crippen MR) is 116 cm³/mol. The minimum absolute atomic E-state index is 0.0881. The third-order valence-corrected chi connectivity index (χ3v) is 5.36. The van der Waals surface area contributed by atoms with Gasteiger partial charge >= 0.3 is 0 Å². The third-order valence-electron chi connectivity index (χ3n) is 5.11. The highest BCUT2D eigenvalue weighted by atomic mass is 35.5. The maximum Gasteiger partial charge on any atom is 0.227 e. The Labute approximate surface area is 176 Å². The van der Waals surface area contributed by atoms with E-state index in [1.54, 1.807) is 7.11 Å². The fourth-order valence-corrected chi connectivity index (χ4v) is 3.48. The van der Waals surface area contributed by atoms with Crippen LogP contribution in [-0.4, -0.2) is 34.2 Å². The second kappa shape index (κ2) is 9.14. The number of carbonyl (C=O) groups is 1. The zero-order chi connectivity index (χ0) is 21.0. The van der Waals surface area contributed by atoms with Crippen molar-refractivity contribution in [3.8, 4) is 11.4 Å². The number of carbonyl (C=O) groups excluding carboxylic acids is 1. The van der Waals surface area contributed by atoms with Gasteiger partial charge in [-0.2, -0.15) is 5.10 Å². The van der Waals surface area contributed by atoms with Crippen LogP contribution in [0.25, 0.3) is 5.69 Å². The first-order valence-electron chi connectivity index (χ1n) is 9.64. The first-order valence-corrected chi connectivity index (χ1v) is 10.0. The van der Waals surface area contributed by atoms with Gasteiger partial charge in [-0.15, -0.1) is 0 Å². The molecule has 5 nitrogen and oxygen atoms in total. The van der Waals surface area contributed by atoms with E-state index in [9.17, 15) is 4.79 Å². The van der Waals surface area contributed by atoms with Crippen molar-refractivity contribution in [2.24, 2.45) is 0 Å². The Hall–Kier alpha value is -2.79. The molecule has 0 bridgehead atoms. The van der Waals surface area contributed by atoms with Crippen molar-refractivity contribution in [2.75, 3.05) is 13.7 Å². The van der Waals surface area contributed by atoms with E-state index in [0.29, 0.717) is 24.5 Å². The van der Waals surface area contributed by atoms with Crippen molar-refractivity contribution in [1.82, 2.24) is 14.7 Å². The zero-order valence-corrected chi connectivity index (χ0v) is 18.0. The molecule has 1 amide bonds. The molecule has 152 valence electrons. The first kappa shape index (κ1) is 20.9. The lowest BCUT2D eigenvalue weighted by Crippen LogP contribution is -2.31. The molecule has 0 aliphatic heterocycles. The van der Waals surface area contributed by atoms with Crippen molar-refractivity contribution >= 4 is 17.5 Å². The fourth-order valence-electron chi connectivity index (χ4n) is 3.36. The number of halogens is 1. The number of aromatic nitrogens is 2. The molecule has 0 fully saturated rings. The molecule has 2 aromatic carbocycles. The molecule has 1 heterocycles. The summed E-state index contributed by atoms with van der Waals surface area (Å²) in [4.78, 5) is 14.9. The highest BCUT2D eigenvalue weighted by Gasteiger charge is 2.19. The predicted octanol–water partition coefficient (Wildman–Crippen LogP) is 4.74. The molecule has 29 heavy (non-hydrogen) atoms. The summed E-state index contributed by atoms with van der Waals surface area (Å²) in [7, 11) is 1.64. The van der Waals surface area contributed by atoms with Crippen molar-refractivity contribution in [3.63, 3.8) is 0 Å². The Balaban J connectivity index is 1.77. The number of methoxy groups -OCH3 is 1. The highest BCUT2D eigenvalue weighted by Crippen LogP contribution is 2.21. The molecular formula is C23H26ClN3O2. The molecule has 6 heteroatoms. The summed E-state index contributed by atoms with van der Waals surface area (Å²) >= 11 is 5.99. The molecule has 0 spiro atoms. The van der Waals surface area contributed by atoms with Crippen molar-refractivity contribution in [1.29, 1.82) is 0 Å². The summed E-state index contributed by atoms with van der Waals surface area (Å²) in [6, 6.07) is 15.3. The van der Waals surface area contributed by atoms with Gasteiger partial charge in [0.25, 0.3) is 0 Å². The van der Waals surface area contributed by atoms with Gasteiger partial charge in [0.05, 0.1) is 24.9 Å². The van der Waals surface area contributed by atoms with Gasteiger partial charge in [0.2, 0.25) is 5.91 Å². The number of aryl methyl sites for hydroxylation is 1. The number of hydrogen-bond donors (Lipinski definition) is 0. The maximum absolute atomic E-state index is 13.0. The molecule has 0 N–H and O–H groups in total. The molecule has 0 unspecified atom stereocenters. The van der Waals surface area contributed by atoms with Crippen LogP contribution < -0.4 is 4.74 Å². The smallest absolute Gasteiger partial charge is 0.227 e. The summed E-state index contributed by atoms with van der Waals surface area (Å²) in [5.74, 6) is 0.897. The standard InChI is InChI=1S/C23H26ClN3O2/c1-5-26(15-18-6-12-21(29-4)13-7-18)23(28)14-22-16(2)25-27(17(22)3)20-10-8-19(24)9-11-20/h6-13H,5,14-15H2,1-4H3. The van der Waals surface area contributed by atoms with E-state index in [2.05, 4.69) is 5.10 Å². The minimum atomic E-state index is 0.0881. The quantitative estimate of drug-likeness (QED) is 0.564. The SMILES string of the molecule is CCN(Cc1ccc(OC)cc1)C(=O)Cc1c(C)nn(-c2ccc(Cl)cc2)c1C. The number of nitrogens with zero attached hydrogens (tertiary/aromatic N) is 3. The average Bonchev–Trinajstić information content (AvgIpc) is 3.01. The van der Waals surface area contributed by atoms with Gasteiger partial charge in [0.1, 0.15) is 5.75 Å². The van der Waals surface area contributed by atoms with Crippen LogP contribution in [0.2, 0.25) is 5.02 Å². The van der Waals surface area contributed by atoms with E-state index in [-0.39, 0.29) is 5.91 Å². The Morgan fingerprint density at radius 1 is 1.10 bits per heavy atom. The lowest BCUT2D eigenvalue weighted by Gasteiger charge is -2.21. The summed E-state index contributed by atoms with van der Waals surface area (Å²) in [5, 5.41) is 5.32. The largest absolute Gasteiger partial charge is 0.497 e. The van der Waals surface area contributed by atoms with Crippen LogP contribution in [0.3, 0.4) is 0 Å². The normalized spacial score (nSPS) is 10.8. The van der Waals surface area contributed by atoms with Crippen LogP contribution in [0.5, 0.6) is 5.75 Å². The second-order valence-electron chi connectivity index (χ2n) is 6.97. The molecule has 3 aromatic rings. The van der Waals surface area contributed by atoms with E-state index in [4.69, 9.17) is 16.3 Å². The fraction of sp³-hybridized carbons (Fsp3) is 0.304. The lowest BCUT2D eigenvalue weighted by atomic mass is 10.1. The van der Waals surface area contributed by atoms with Crippen LogP contribution in [0, 0.1) is 13.8 Å². The summed E-state index contributed by atoms with van der Waals surface area (Å²) in [6.45, 7) is 7.16. The number of hydrogen-bond acceptors (Lipinski definition) is 3. The Bertz CT molecular complexity index is 979. The Morgan fingerprint density at radius 2 is 1.76 bits per heavy atom. The summed E-state index contributed by atoms with van der Waals surface area (Å²) < 4.78 is 7.07. The van der Waals surface area contributed by atoms with Crippen LogP contribution in [-0.2, 0) is 17.8 Å². The van der Waals surface area contributed by atoms with Crippen LogP contribution in [0.1, 0.15) is 29.4 Å². The molecular weight excluding hydrogens is 386 g/mol. The number of amides is 1. The summed E-state index contributed by atoms with van der Waals surface area (Å²) in [6.07, 6.45) is 0.329. The monoisotopic (exact) mass is 411 g/mol. The summed E-state index contributed by atoms with van der Waals surface area (Å²) in [5.41, 5.74) is 4.81. The van der Waals surface area contributed by atoms with Gasteiger partial charge in [-0.05, 0) is 62.7 Å². The number of benzene rings is 2. The second-order valence-corrected chi connectivity index (χ2v) is 7.41. The topological polar surface area (TPSA) is 47.4 Å². The zero-order valence-electron chi connectivity index (χ0n) is 17.3. The third kappa shape index (κ3) is 4.80. The van der Waals surface area contributed by atoms with Gasteiger partial charge in [0.15, 0.2) is 0 Å². The number of rotatable bonds is 7. The van der Waals surface area contributed by atoms with E-state index < -0.39 is 0 Å². The van der Waals surface area contributed by atoms with Crippen molar-refractivity contribution in [2.45, 2.75) is 33.7 Å². The van der Waals surface area contributed by atoms with Gasteiger partial charge in [-0.3, -0.25) is 4.79 Å². The van der Waals surface area contributed by atoms with Gasteiger partial charge in [-0.25, -0.2) is 4.68 Å². The molecule has 0 atom stereocenters. The van der Waals surface area contributed by atoms with Crippen molar-refractivity contribution in [3.05, 3.63) is 76.1 Å². The first-order chi connectivity index (χ1) is 13.9. The number of likely N-dealkylation sites (N-methyl/N-ethyl adjacent to an activating group) is 1. The molecule has 3 rings (SSSR count). The Morgan fingerprint density at radius 3 is 2.34 bits per heavy atom. The average molecular weight is 412 g/mol. The number of ether oxygens (including phenoxy) is 1. The van der Waals surface area contributed by atoms with Gasteiger partial charge in [-0.1, -0.05) is 23.7 Å². The van der Waals surface area contributed by atoms with Crippen LogP contribution in [0.4, 0.5) is 0 Å². The van der Waals surface area contributed by atoms with E-state index in [1.807, 2.05) is 78.9 Å².